The molecule has 2 N–H and O–H groups in total. The highest BCUT2D eigenvalue weighted by Gasteiger charge is 2.20. The topological polar surface area (TPSA) is 101 Å². The SMILES string of the molecule is C=CC(NC(=O)c1cc(CC(C)C)c(C(=O)NCC=O)nn1)C(C)C.CCC. The van der Waals surface area contributed by atoms with E-state index in [4.69, 9.17) is 0 Å². The Bertz CT molecular complexity index is 657. The highest BCUT2D eigenvalue weighted by molar-refractivity contribution is 5.96. The highest BCUT2D eigenvalue weighted by Crippen LogP contribution is 2.14. The smallest absolute Gasteiger partial charge is 0.272 e. The summed E-state index contributed by atoms with van der Waals surface area (Å²) in [5.74, 6) is -0.392. The van der Waals surface area contributed by atoms with Gasteiger partial charge in [-0.25, -0.2) is 0 Å². The molecule has 1 atom stereocenters. The molecule has 156 valence electrons. The van der Waals surface area contributed by atoms with Gasteiger partial charge in [0, 0.05) is 6.04 Å². The second-order valence-corrected chi connectivity index (χ2v) is 7.26. The zero-order valence-electron chi connectivity index (χ0n) is 17.9. The first-order valence-electron chi connectivity index (χ1n) is 9.73. The molecular weight excluding hydrogens is 356 g/mol. The normalized spacial score (nSPS) is 11.3. The lowest BCUT2D eigenvalue weighted by Crippen LogP contribution is -2.37. The van der Waals surface area contributed by atoms with Gasteiger partial charge in [0.2, 0.25) is 0 Å². The van der Waals surface area contributed by atoms with Crippen molar-refractivity contribution in [3.05, 3.63) is 35.7 Å². The summed E-state index contributed by atoms with van der Waals surface area (Å²) < 4.78 is 0. The summed E-state index contributed by atoms with van der Waals surface area (Å²) in [4.78, 5) is 34.9. The Balaban J connectivity index is 0.00000227. The van der Waals surface area contributed by atoms with Gasteiger partial charge in [0.25, 0.3) is 11.8 Å². The Morgan fingerprint density at radius 1 is 1.14 bits per heavy atom. The summed E-state index contributed by atoms with van der Waals surface area (Å²) in [6.07, 6.45) is 4.08. The molecule has 7 heteroatoms. The molecule has 1 heterocycles. The molecule has 28 heavy (non-hydrogen) atoms. The molecule has 0 bridgehead atoms. The predicted octanol–water partition coefficient (Wildman–Crippen LogP) is 2.96. The second-order valence-electron chi connectivity index (χ2n) is 7.26. The number of carbonyl (C=O) groups is 3. The number of hydrogen-bond acceptors (Lipinski definition) is 5. The van der Waals surface area contributed by atoms with Crippen LogP contribution in [0.3, 0.4) is 0 Å². The molecule has 1 aromatic rings. The molecule has 0 fully saturated rings. The van der Waals surface area contributed by atoms with Crippen molar-refractivity contribution < 1.29 is 14.4 Å². The summed E-state index contributed by atoms with van der Waals surface area (Å²) in [5, 5.41) is 13.1. The van der Waals surface area contributed by atoms with Crippen LogP contribution in [0.25, 0.3) is 0 Å². The number of nitrogens with zero attached hydrogens (tertiary/aromatic N) is 2. The van der Waals surface area contributed by atoms with E-state index in [0.29, 0.717) is 18.3 Å². The maximum Gasteiger partial charge on any atom is 0.272 e. The number of amides is 2. The van der Waals surface area contributed by atoms with E-state index in [0.717, 1.165) is 0 Å². The standard InChI is InChI=1S/C18H26N4O3.C3H8/c1-6-14(12(4)5)20-17(24)15-10-13(9-11(2)3)16(22-21-15)18(25)19-7-8-23;1-3-2/h6,8,10-12,14H,1,7,9H2,2-5H3,(H,19,25)(H,20,24);3H2,1-2H3. The van der Waals surface area contributed by atoms with Crippen LogP contribution in [0.5, 0.6) is 0 Å². The maximum atomic E-state index is 12.4. The van der Waals surface area contributed by atoms with Crippen LogP contribution in [0.2, 0.25) is 0 Å². The van der Waals surface area contributed by atoms with Gasteiger partial charge in [0.05, 0.1) is 6.54 Å². The molecule has 1 rings (SSSR count). The number of aromatic nitrogens is 2. The molecule has 0 aliphatic rings. The van der Waals surface area contributed by atoms with E-state index in [1.165, 1.54) is 6.42 Å². The monoisotopic (exact) mass is 390 g/mol. The second kappa shape index (κ2) is 13.6. The van der Waals surface area contributed by atoms with Gasteiger partial charge in [-0.3, -0.25) is 9.59 Å². The van der Waals surface area contributed by atoms with Crippen molar-refractivity contribution in [3.8, 4) is 0 Å². The largest absolute Gasteiger partial charge is 0.344 e. The lowest BCUT2D eigenvalue weighted by Gasteiger charge is -2.18. The first-order chi connectivity index (χ1) is 13.2. The third-order valence-corrected chi connectivity index (χ3v) is 3.56. The third kappa shape index (κ3) is 8.88. The van der Waals surface area contributed by atoms with E-state index in [2.05, 4.69) is 41.3 Å². The van der Waals surface area contributed by atoms with Crippen LogP contribution >= 0.6 is 0 Å². The Morgan fingerprint density at radius 2 is 1.75 bits per heavy atom. The van der Waals surface area contributed by atoms with Crippen molar-refractivity contribution >= 4 is 18.1 Å². The number of nitrogens with one attached hydrogen (secondary N) is 2. The molecule has 7 nitrogen and oxygen atoms in total. The molecule has 0 spiro atoms. The van der Waals surface area contributed by atoms with E-state index in [-0.39, 0.29) is 41.7 Å². The van der Waals surface area contributed by atoms with Crippen molar-refractivity contribution in [2.24, 2.45) is 11.8 Å². The maximum absolute atomic E-state index is 12.4. The molecular formula is C21H34N4O3. The highest BCUT2D eigenvalue weighted by atomic mass is 16.2. The molecule has 1 unspecified atom stereocenters. The average molecular weight is 391 g/mol. The van der Waals surface area contributed by atoms with Crippen molar-refractivity contribution in [3.63, 3.8) is 0 Å². The van der Waals surface area contributed by atoms with Gasteiger partial charge in [-0.1, -0.05) is 54.0 Å². The van der Waals surface area contributed by atoms with Gasteiger partial charge in [-0.05, 0) is 29.9 Å². The first-order valence-corrected chi connectivity index (χ1v) is 9.73. The number of carbonyl (C=O) groups excluding carboxylic acids is 3. The fourth-order valence-electron chi connectivity index (χ4n) is 2.27. The molecule has 0 saturated carbocycles. The van der Waals surface area contributed by atoms with Crippen LogP contribution in [-0.2, 0) is 11.2 Å². The predicted molar refractivity (Wildman–Crippen MR) is 111 cm³/mol. The molecule has 1 aromatic heterocycles. The number of aldehydes is 1. The molecule has 0 radical (unpaired) electrons. The lowest BCUT2D eigenvalue weighted by atomic mass is 10.0. The van der Waals surface area contributed by atoms with Crippen molar-refractivity contribution in [1.29, 1.82) is 0 Å². The zero-order valence-corrected chi connectivity index (χ0v) is 17.9. The molecule has 2 amide bonds. The zero-order chi connectivity index (χ0) is 21.7. The minimum atomic E-state index is -0.478. The summed E-state index contributed by atoms with van der Waals surface area (Å²) >= 11 is 0. The van der Waals surface area contributed by atoms with Crippen LogP contribution in [-0.4, -0.2) is 40.9 Å². The minimum absolute atomic E-state index is 0.0979. The van der Waals surface area contributed by atoms with E-state index < -0.39 is 5.91 Å². The minimum Gasteiger partial charge on any atom is -0.344 e. The Hall–Kier alpha value is -2.57. The van der Waals surface area contributed by atoms with Gasteiger partial charge in [-0.15, -0.1) is 16.8 Å². The number of rotatable bonds is 9. The Morgan fingerprint density at radius 3 is 2.21 bits per heavy atom. The van der Waals surface area contributed by atoms with Crippen molar-refractivity contribution in [2.45, 2.75) is 60.4 Å². The van der Waals surface area contributed by atoms with Gasteiger partial charge in [0.15, 0.2) is 11.4 Å². The number of hydrogen-bond donors (Lipinski definition) is 2. The van der Waals surface area contributed by atoms with Crippen LogP contribution in [0, 0.1) is 11.8 Å². The molecule has 0 aliphatic heterocycles. The van der Waals surface area contributed by atoms with E-state index in [1.807, 2.05) is 27.7 Å². The molecule has 0 aromatic carbocycles. The van der Waals surface area contributed by atoms with Crippen LogP contribution in [0.15, 0.2) is 18.7 Å². The fourth-order valence-corrected chi connectivity index (χ4v) is 2.27. The Kier molecular flexibility index (Phi) is 12.3. The van der Waals surface area contributed by atoms with E-state index in [1.54, 1.807) is 12.1 Å². The van der Waals surface area contributed by atoms with Crippen LogP contribution < -0.4 is 10.6 Å². The van der Waals surface area contributed by atoms with Crippen molar-refractivity contribution in [2.75, 3.05) is 6.54 Å². The quantitative estimate of drug-likeness (QED) is 0.499. The van der Waals surface area contributed by atoms with Crippen LogP contribution in [0.1, 0.15) is 74.5 Å². The van der Waals surface area contributed by atoms with Gasteiger partial charge in [-0.2, -0.15) is 0 Å². The first kappa shape index (κ1) is 25.4. The van der Waals surface area contributed by atoms with Crippen molar-refractivity contribution in [1.82, 2.24) is 20.8 Å². The van der Waals surface area contributed by atoms with Crippen LogP contribution in [0.4, 0.5) is 0 Å². The van der Waals surface area contributed by atoms with E-state index in [9.17, 15) is 14.4 Å². The van der Waals surface area contributed by atoms with Gasteiger partial charge in [0.1, 0.15) is 6.29 Å². The fraction of sp³-hybridized carbons (Fsp3) is 0.571. The summed E-state index contributed by atoms with van der Waals surface area (Å²) in [6, 6.07) is 1.40. The lowest BCUT2D eigenvalue weighted by molar-refractivity contribution is -0.107. The summed E-state index contributed by atoms with van der Waals surface area (Å²) in [6.45, 7) is 15.8. The van der Waals surface area contributed by atoms with Gasteiger partial charge >= 0.3 is 0 Å². The summed E-state index contributed by atoms with van der Waals surface area (Å²) in [7, 11) is 0. The van der Waals surface area contributed by atoms with E-state index >= 15 is 0 Å². The Labute approximate surface area is 168 Å². The third-order valence-electron chi connectivity index (χ3n) is 3.56. The summed E-state index contributed by atoms with van der Waals surface area (Å²) in [5.41, 5.74) is 0.907. The van der Waals surface area contributed by atoms with Gasteiger partial charge < -0.3 is 15.4 Å². The molecule has 0 aliphatic carbocycles. The molecule has 0 saturated heterocycles. The average Bonchev–Trinajstić information content (AvgIpc) is 2.63.